The summed E-state index contributed by atoms with van der Waals surface area (Å²) >= 11 is 0. The van der Waals surface area contributed by atoms with Crippen molar-refractivity contribution in [1.29, 1.82) is 5.26 Å². The number of benzene rings is 2. The van der Waals surface area contributed by atoms with Crippen LogP contribution in [0.4, 0.5) is 23.7 Å². The Kier molecular flexibility index (Phi) is 5.73. The number of hydrogen-bond donors (Lipinski definition) is 1. The number of alkyl halides is 3. The molecule has 1 heterocycles. The smallest absolute Gasteiger partial charge is 0.326 e. The van der Waals surface area contributed by atoms with E-state index in [-0.39, 0.29) is 51.6 Å². The molecule has 2 aliphatic rings. The molecular weight excluding hydrogens is 471 g/mol. The third-order valence-corrected chi connectivity index (χ3v) is 6.90. The van der Waals surface area contributed by atoms with Crippen LogP contribution in [0.3, 0.4) is 0 Å². The van der Waals surface area contributed by atoms with Crippen LogP contribution < -0.4 is 10.2 Å². The minimum Gasteiger partial charge on any atom is -0.326 e. The Bertz CT molecular complexity index is 1390. The first-order valence-electron chi connectivity index (χ1n) is 10.2. The number of nitrogens with one attached hydrogen (secondary N) is 1. The van der Waals surface area contributed by atoms with Crippen molar-refractivity contribution in [2.75, 3.05) is 11.2 Å². The highest BCUT2D eigenvalue weighted by atomic mass is 32.2. The van der Waals surface area contributed by atoms with E-state index >= 15 is 0 Å². The van der Waals surface area contributed by atoms with Gasteiger partial charge in [0.05, 0.1) is 33.8 Å². The van der Waals surface area contributed by atoms with Crippen molar-refractivity contribution in [2.45, 2.75) is 36.4 Å². The number of nitrogens with zero attached hydrogens (tertiary/aromatic N) is 2. The van der Waals surface area contributed by atoms with E-state index in [2.05, 4.69) is 5.32 Å². The Labute approximate surface area is 193 Å². The summed E-state index contributed by atoms with van der Waals surface area (Å²) in [6, 6.07) is 8.07. The normalized spacial score (nSPS) is 18.9. The summed E-state index contributed by atoms with van der Waals surface area (Å²) < 4.78 is 64.7. The number of anilines is 1. The van der Waals surface area contributed by atoms with Gasteiger partial charge in [-0.3, -0.25) is 9.69 Å². The van der Waals surface area contributed by atoms with Crippen LogP contribution in [0.5, 0.6) is 0 Å². The standard InChI is InChI=1S/C23H18F3N3O4S/c1-34(32,33)19-10-13(12-27)8-9-16(19)21-20-17(6-3-7-18(20)30)29(22(31)28-21)15-5-2-4-14(11-15)23(24,25)26/h2,4-5,8-11,21H,3,6-7H2,1H3,(H,28,31)/t21-/m0/s1. The fourth-order valence-electron chi connectivity index (χ4n) is 4.28. The van der Waals surface area contributed by atoms with Crippen LogP contribution in [0.2, 0.25) is 0 Å². The van der Waals surface area contributed by atoms with E-state index in [1.54, 1.807) is 0 Å². The zero-order valence-corrected chi connectivity index (χ0v) is 18.6. The zero-order valence-electron chi connectivity index (χ0n) is 17.8. The van der Waals surface area contributed by atoms with E-state index in [1.807, 2.05) is 6.07 Å². The van der Waals surface area contributed by atoms with Gasteiger partial charge < -0.3 is 5.32 Å². The maximum atomic E-state index is 13.3. The van der Waals surface area contributed by atoms with Gasteiger partial charge in [-0.25, -0.2) is 13.2 Å². The lowest BCUT2D eigenvalue weighted by molar-refractivity contribution is -0.137. The Balaban J connectivity index is 1.92. The van der Waals surface area contributed by atoms with Gasteiger partial charge in [0.25, 0.3) is 0 Å². The number of hydrogen-bond acceptors (Lipinski definition) is 5. The molecule has 1 aliphatic carbocycles. The van der Waals surface area contributed by atoms with Gasteiger partial charge in [-0.05, 0) is 48.7 Å². The van der Waals surface area contributed by atoms with E-state index in [0.717, 1.165) is 23.3 Å². The van der Waals surface area contributed by atoms with Gasteiger partial charge in [-0.15, -0.1) is 0 Å². The molecule has 4 rings (SSSR count). The number of nitriles is 1. The van der Waals surface area contributed by atoms with Crippen LogP contribution in [0.1, 0.15) is 42.0 Å². The first-order chi connectivity index (χ1) is 15.9. The van der Waals surface area contributed by atoms with Crippen molar-refractivity contribution >= 4 is 27.3 Å². The molecule has 7 nitrogen and oxygen atoms in total. The highest BCUT2D eigenvalue weighted by Crippen LogP contribution is 2.42. The molecule has 1 aliphatic heterocycles. The fraction of sp³-hybridized carbons (Fsp3) is 0.261. The van der Waals surface area contributed by atoms with Crippen LogP contribution in [0.15, 0.2) is 58.6 Å². The summed E-state index contributed by atoms with van der Waals surface area (Å²) in [5, 5.41) is 11.8. The number of Topliss-reactive ketones (excluding diaryl/α,β-unsaturated/α-hetero) is 1. The first kappa shape index (κ1) is 23.5. The second-order valence-electron chi connectivity index (χ2n) is 8.04. The lowest BCUT2D eigenvalue weighted by atomic mass is 9.84. The number of carbonyl (C=O) groups is 2. The van der Waals surface area contributed by atoms with Crippen molar-refractivity contribution in [3.8, 4) is 6.07 Å². The third-order valence-electron chi connectivity index (χ3n) is 5.74. The van der Waals surface area contributed by atoms with Crippen LogP contribution in [-0.2, 0) is 20.8 Å². The number of ketones is 1. The highest BCUT2D eigenvalue weighted by molar-refractivity contribution is 7.90. The van der Waals surface area contributed by atoms with Crippen LogP contribution in [0.25, 0.3) is 0 Å². The minimum atomic E-state index is -4.63. The summed E-state index contributed by atoms with van der Waals surface area (Å²) in [6.07, 6.45) is -2.90. The Morgan fingerprint density at radius 1 is 1.12 bits per heavy atom. The van der Waals surface area contributed by atoms with E-state index in [9.17, 15) is 36.4 Å². The van der Waals surface area contributed by atoms with Crippen LogP contribution >= 0.6 is 0 Å². The van der Waals surface area contributed by atoms with Crippen molar-refractivity contribution in [3.63, 3.8) is 0 Å². The van der Waals surface area contributed by atoms with Gasteiger partial charge >= 0.3 is 12.2 Å². The predicted molar refractivity (Wildman–Crippen MR) is 115 cm³/mol. The molecule has 0 spiro atoms. The van der Waals surface area contributed by atoms with Crippen LogP contribution in [0, 0.1) is 11.3 Å². The molecule has 0 saturated carbocycles. The molecule has 0 fully saturated rings. The molecule has 0 aromatic heterocycles. The molecule has 2 aromatic carbocycles. The Morgan fingerprint density at radius 3 is 2.50 bits per heavy atom. The number of rotatable bonds is 3. The second kappa shape index (κ2) is 8.29. The fourth-order valence-corrected chi connectivity index (χ4v) is 5.24. The molecule has 1 atom stereocenters. The summed E-state index contributed by atoms with van der Waals surface area (Å²) in [5.74, 6) is -0.341. The van der Waals surface area contributed by atoms with Gasteiger partial charge in [0.15, 0.2) is 15.6 Å². The third kappa shape index (κ3) is 4.17. The van der Waals surface area contributed by atoms with Gasteiger partial charge in [-0.2, -0.15) is 18.4 Å². The Morgan fingerprint density at radius 2 is 1.85 bits per heavy atom. The van der Waals surface area contributed by atoms with Crippen molar-refractivity contribution in [2.24, 2.45) is 0 Å². The summed E-state index contributed by atoms with van der Waals surface area (Å²) in [5.41, 5.74) is -0.458. The van der Waals surface area contributed by atoms with Gasteiger partial charge in [0, 0.05) is 23.9 Å². The molecule has 176 valence electrons. The first-order valence-corrected chi connectivity index (χ1v) is 12.1. The minimum absolute atomic E-state index is 0.0591. The Hall–Kier alpha value is -3.65. The predicted octanol–water partition coefficient (Wildman–Crippen LogP) is 4.26. The monoisotopic (exact) mass is 489 g/mol. The molecule has 0 saturated heterocycles. The molecule has 11 heteroatoms. The number of carbonyl (C=O) groups excluding carboxylic acids is 2. The molecule has 0 unspecified atom stereocenters. The van der Waals surface area contributed by atoms with Crippen LogP contribution in [-0.4, -0.2) is 26.5 Å². The maximum absolute atomic E-state index is 13.3. The molecule has 34 heavy (non-hydrogen) atoms. The lowest BCUT2D eigenvalue weighted by Crippen LogP contribution is -2.49. The van der Waals surface area contributed by atoms with E-state index < -0.39 is 33.6 Å². The largest absolute Gasteiger partial charge is 0.416 e. The summed E-state index contributed by atoms with van der Waals surface area (Å²) in [6.45, 7) is 0. The van der Waals surface area contributed by atoms with Crippen molar-refractivity contribution < 1.29 is 31.2 Å². The molecule has 1 N–H and O–H groups in total. The SMILES string of the molecule is CS(=O)(=O)c1cc(C#N)ccc1[C@@H]1NC(=O)N(c2cccc(C(F)(F)F)c2)C2=C1C(=O)CCC2. The average Bonchev–Trinajstić information content (AvgIpc) is 2.77. The van der Waals surface area contributed by atoms with Gasteiger partial charge in [0.2, 0.25) is 0 Å². The number of allylic oxidation sites excluding steroid dienone is 1. The topological polar surface area (TPSA) is 107 Å². The number of halogens is 3. The highest BCUT2D eigenvalue weighted by Gasteiger charge is 2.41. The molecule has 0 bridgehead atoms. The van der Waals surface area contributed by atoms with E-state index in [1.165, 1.54) is 30.3 Å². The molecular formula is C23H18F3N3O4S. The number of amides is 2. The van der Waals surface area contributed by atoms with Crippen molar-refractivity contribution in [3.05, 3.63) is 70.4 Å². The average molecular weight is 489 g/mol. The number of urea groups is 1. The molecule has 2 aromatic rings. The molecule has 0 radical (unpaired) electrons. The maximum Gasteiger partial charge on any atom is 0.416 e. The van der Waals surface area contributed by atoms with E-state index in [4.69, 9.17) is 0 Å². The van der Waals surface area contributed by atoms with E-state index in [0.29, 0.717) is 6.42 Å². The van der Waals surface area contributed by atoms with Gasteiger partial charge in [-0.1, -0.05) is 12.1 Å². The second-order valence-corrected chi connectivity index (χ2v) is 10.0. The van der Waals surface area contributed by atoms with Crippen molar-refractivity contribution in [1.82, 2.24) is 5.32 Å². The molecule has 2 amide bonds. The summed E-state index contributed by atoms with van der Waals surface area (Å²) in [7, 11) is -3.85. The zero-order chi connectivity index (χ0) is 24.8. The van der Waals surface area contributed by atoms with Gasteiger partial charge in [0.1, 0.15) is 0 Å². The summed E-state index contributed by atoms with van der Waals surface area (Å²) in [4.78, 5) is 27.0. The quantitative estimate of drug-likeness (QED) is 0.693. The number of sulfone groups is 1. The lowest BCUT2D eigenvalue weighted by Gasteiger charge is -2.39.